The molecule has 4 heteroatoms. The van der Waals surface area contributed by atoms with Crippen LogP contribution in [-0.4, -0.2) is 55.5 Å². The minimum Gasteiger partial charge on any atom is -0.340 e. The van der Waals surface area contributed by atoms with Crippen LogP contribution < -0.4 is 5.73 Å². The highest BCUT2D eigenvalue weighted by molar-refractivity contribution is 5.81. The summed E-state index contributed by atoms with van der Waals surface area (Å²) in [6.45, 7) is 8.74. The van der Waals surface area contributed by atoms with E-state index in [9.17, 15) is 4.79 Å². The van der Waals surface area contributed by atoms with Gasteiger partial charge < -0.3 is 15.5 Å². The van der Waals surface area contributed by atoms with E-state index in [1.807, 2.05) is 19.0 Å². The second-order valence-electron chi connectivity index (χ2n) is 5.36. The Balaban J connectivity index is 4.31. The number of nitrogens with zero attached hydrogens (tertiary/aromatic N) is 2. The van der Waals surface area contributed by atoms with Gasteiger partial charge in [0.05, 0.1) is 6.04 Å². The minimum absolute atomic E-state index is 0.0994. The van der Waals surface area contributed by atoms with Crippen molar-refractivity contribution in [3.05, 3.63) is 0 Å². The van der Waals surface area contributed by atoms with Crippen LogP contribution in [0, 0.1) is 5.92 Å². The van der Waals surface area contributed by atoms with Crippen LogP contribution in [0.4, 0.5) is 0 Å². The van der Waals surface area contributed by atoms with Crippen molar-refractivity contribution in [2.24, 2.45) is 11.7 Å². The number of nitrogens with two attached hydrogens (primary N) is 1. The highest BCUT2D eigenvalue weighted by atomic mass is 16.2. The second kappa shape index (κ2) is 8.48. The number of rotatable bonds is 8. The first-order valence-electron chi connectivity index (χ1n) is 6.57. The van der Waals surface area contributed by atoms with Gasteiger partial charge in [-0.1, -0.05) is 20.8 Å². The molecule has 0 aliphatic carbocycles. The third-order valence-corrected chi connectivity index (χ3v) is 2.66. The maximum Gasteiger partial charge on any atom is 0.239 e. The van der Waals surface area contributed by atoms with E-state index in [2.05, 4.69) is 25.7 Å². The molecule has 0 aliphatic rings. The molecular formula is C13H29N3O. The fourth-order valence-corrected chi connectivity index (χ4v) is 1.77. The van der Waals surface area contributed by atoms with E-state index in [0.29, 0.717) is 5.92 Å². The number of hydrogen-bond acceptors (Lipinski definition) is 3. The number of amides is 1. The van der Waals surface area contributed by atoms with E-state index < -0.39 is 0 Å². The van der Waals surface area contributed by atoms with Crippen LogP contribution in [0.15, 0.2) is 0 Å². The lowest BCUT2D eigenvalue weighted by Crippen LogP contribution is -2.46. The summed E-state index contributed by atoms with van der Waals surface area (Å²) in [5, 5.41) is 0. The zero-order valence-corrected chi connectivity index (χ0v) is 12.1. The van der Waals surface area contributed by atoms with Crippen LogP contribution in [0.5, 0.6) is 0 Å². The van der Waals surface area contributed by atoms with Crippen LogP contribution in [0.25, 0.3) is 0 Å². The highest BCUT2D eigenvalue weighted by Gasteiger charge is 2.20. The smallest absolute Gasteiger partial charge is 0.239 e. The predicted molar refractivity (Wildman–Crippen MR) is 72.9 cm³/mol. The summed E-state index contributed by atoms with van der Waals surface area (Å²) >= 11 is 0. The van der Waals surface area contributed by atoms with Crippen molar-refractivity contribution in [3.8, 4) is 0 Å². The Morgan fingerprint density at radius 3 is 2.18 bits per heavy atom. The van der Waals surface area contributed by atoms with Crippen molar-refractivity contribution in [3.63, 3.8) is 0 Å². The molecule has 4 nitrogen and oxygen atoms in total. The minimum atomic E-state index is -0.344. The molecule has 0 radical (unpaired) electrons. The molecule has 0 aromatic rings. The molecular weight excluding hydrogens is 214 g/mol. The lowest BCUT2D eigenvalue weighted by molar-refractivity contribution is -0.133. The van der Waals surface area contributed by atoms with Crippen molar-refractivity contribution in [1.29, 1.82) is 0 Å². The van der Waals surface area contributed by atoms with Crippen molar-refractivity contribution in [2.75, 3.05) is 33.7 Å². The Hall–Kier alpha value is -0.610. The van der Waals surface area contributed by atoms with Gasteiger partial charge in [0.1, 0.15) is 0 Å². The fourth-order valence-electron chi connectivity index (χ4n) is 1.77. The van der Waals surface area contributed by atoms with Crippen molar-refractivity contribution < 1.29 is 4.79 Å². The molecule has 1 atom stereocenters. The van der Waals surface area contributed by atoms with Gasteiger partial charge in [-0.25, -0.2) is 0 Å². The largest absolute Gasteiger partial charge is 0.340 e. The van der Waals surface area contributed by atoms with Gasteiger partial charge in [0, 0.05) is 19.6 Å². The molecule has 17 heavy (non-hydrogen) atoms. The lowest BCUT2D eigenvalue weighted by atomic mass is 10.0. The Bertz CT molecular complexity index is 217. The topological polar surface area (TPSA) is 49.6 Å². The predicted octanol–water partition coefficient (Wildman–Crippen LogP) is 1.16. The molecule has 0 spiro atoms. The van der Waals surface area contributed by atoms with Crippen LogP contribution in [-0.2, 0) is 4.79 Å². The number of carbonyl (C=O) groups is 1. The van der Waals surface area contributed by atoms with Crippen molar-refractivity contribution in [2.45, 2.75) is 39.7 Å². The molecule has 0 aromatic heterocycles. The summed E-state index contributed by atoms with van der Waals surface area (Å²) in [6, 6.07) is -0.344. The number of likely N-dealkylation sites (N-methyl/N-ethyl adjacent to an activating group) is 1. The molecule has 0 saturated heterocycles. The van der Waals surface area contributed by atoms with E-state index in [1.165, 1.54) is 0 Å². The van der Waals surface area contributed by atoms with Crippen LogP contribution in [0.2, 0.25) is 0 Å². The van der Waals surface area contributed by atoms with Gasteiger partial charge in [0.25, 0.3) is 0 Å². The molecule has 102 valence electrons. The Morgan fingerprint density at radius 2 is 1.76 bits per heavy atom. The first-order chi connectivity index (χ1) is 7.88. The molecule has 0 heterocycles. The standard InChI is InChI=1S/C13H29N3O/c1-6-7-16(9-8-15(4)5)13(17)12(14)10-11(2)3/h11-12H,6-10,14H2,1-5H3/t12-/m0/s1. The summed E-state index contributed by atoms with van der Waals surface area (Å²) in [5.74, 6) is 0.564. The van der Waals surface area contributed by atoms with Crippen LogP contribution in [0.1, 0.15) is 33.6 Å². The average Bonchev–Trinajstić information content (AvgIpc) is 2.21. The average molecular weight is 243 g/mol. The molecule has 0 bridgehead atoms. The lowest BCUT2D eigenvalue weighted by Gasteiger charge is -2.27. The molecule has 0 unspecified atom stereocenters. The van der Waals surface area contributed by atoms with Crippen molar-refractivity contribution >= 4 is 5.91 Å². The quantitative estimate of drug-likeness (QED) is 0.696. The second-order valence-corrected chi connectivity index (χ2v) is 5.36. The molecule has 0 rings (SSSR count). The van der Waals surface area contributed by atoms with E-state index >= 15 is 0 Å². The summed E-state index contributed by atoms with van der Waals surface area (Å²) in [7, 11) is 4.03. The first-order valence-corrected chi connectivity index (χ1v) is 6.57. The Labute approximate surface area is 106 Å². The molecule has 1 amide bonds. The summed E-state index contributed by atoms with van der Waals surface area (Å²) in [4.78, 5) is 16.1. The molecule has 0 saturated carbocycles. The third-order valence-electron chi connectivity index (χ3n) is 2.66. The van der Waals surface area contributed by atoms with E-state index in [1.54, 1.807) is 0 Å². The van der Waals surface area contributed by atoms with Crippen molar-refractivity contribution in [1.82, 2.24) is 9.80 Å². The number of carbonyl (C=O) groups excluding carboxylic acids is 1. The zero-order chi connectivity index (χ0) is 13.4. The summed E-state index contributed by atoms with van der Waals surface area (Å²) in [6.07, 6.45) is 1.74. The summed E-state index contributed by atoms with van der Waals surface area (Å²) in [5.41, 5.74) is 5.95. The van der Waals surface area contributed by atoms with Gasteiger partial charge in [-0.15, -0.1) is 0 Å². The maximum atomic E-state index is 12.2. The van der Waals surface area contributed by atoms with Crippen LogP contribution >= 0.6 is 0 Å². The van der Waals surface area contributed by atoms with E-state index in [4.69, 9.17) is 5.73 Å². The normalized spacial score (nSPS) is 13.2. The maximum absolute atomic E-state index is 12.2. The van der Waals surface area contributed by atoms with Gasteiger partial charge in [-0.2, -0.15) is 0 Å². The van der Waals surface area contributed by atoms with E-state index in [-0.39, 0.29) is 11.9 Å². The monoisotopic (exact) mass is 243 g/mol. The number of hydrogen-bond donors (Lipinski definition) is 1. The third kappa shape index (κ3) is 7.34. The van der Waals surface area contributed by atoms with Gasteiger partial charge in [0.15, 0.2) is 0 Å². The summed E-state index contributed by atoms with van der Waals surface area (Å²) < 4.78 is 0. The van der Waals surface area contributed by atoms with E-state index in [0.717, 1.165) is 32.5 Å². The first kappa shape index (κ1) is 16.4. The van der Waals surface area contributed by atoms with Crippen LogP contribution in [0.3, 0.4) is 0 Å². The fraction of sp³-hybridized carbons (Fsp3) is 0.923. The Morgan fingerprint density at radius 1 is 1.18 bits per heavy atom. The molecule has 0 aromatic carbocycles. The zero-order valence-electron chi connectivity index (χ0n) is 12.1. The Kier molecular flexibility index (Phi) is 8.17. The van der Waals surface area contributed by atoms with Gasteiger partial charge in [0.2, 0.25) is 5.91 Å². The molecule has 0 fully saturated rings. The SMILES string of the molecule is CCCN(CCN(C)C)C(=O)[C@@H](N)CC(C)C. The molecule has 2 N–H and O–H groups in total. The highest BCUT2D eigenvalue weighted by Crippen LogP contribution is 2.06. The molecule has 0 aliphatic heterocycles. The van der Waals surface area contributed by atoms with Gasteiger partial charge in [-0.3, -0.25) is 4.79 Å². The van der Waals surface area contributed by atoms with Gasteiger partial charge in [-0.05, 0) is 32.9 Å². The van der Waals surface area contributed by atoms with Gasteiger partial charge >= 0.3 is 0 Å².